The Bertz CT molecular complexity index is 954. The second-order valence-corrected chi connectivity index (χ2v) is 5.64. The van der Waals surface area contributed by atoms with E-state index >= 15 is 0 Å². The first-order valence-electron chi connectivity index (χ1n) is 6.93. The number of aromatic nitrogens is 1. The molecule has 0 aliphatic rings. The number of ether oxygens (including phenoxy) is 1. The highest BCUT2D eigenvalue weighted by atomic mass is 79.9. The Kier molecular flexibility index (Phi) is 4.40. The van der Waals surface area contributed by atoms with E-state index in [4.69, 9.17) is 4.74 Å². The molecular weight excluding hydrogens is 354 g/mol. The van der Waals surface area contributed by atoms with Gasteiger partial charge in [0.05, 0.1) is 12.7 Å². The molecule has 0 saturated heterocycles. The van der Waals surface area contributed by atoms with Crippen molar-refractivity contribution >= 4 is 32.7 Å². The van der Waals surface area contributed by atoms with Crippen LogP contribution in [0.5, 0.6) is 0 Å². The highest BCUT2D eigenvalue weighted by molar-refractivity contribution is 9.10. The highest BCUT2D eigenvalue weighted by Gasteiger charge is 2.13. The van der Waals surface area contributed by atoms with E-state index in [1.807, 2.05) is 48.5 Å². The van der Waals surface area contributed by atoms with Crippen molar-refractivity contribution in [2.24, 2.45) is 0 Å². The lowest BCUT2D eigenvalue weighted by molar-refractivity contribution is 0.0596. The summed E-state index contributed by atoms with van der Waals surface area (Å²) >= 11 is 3.48. The quantitative estimate of drug-likeness (QED) is 0.479. The number of hydrogen-bond acceptors (Lipinski definition) is 3. The van der Waals surface area contributed by atoms with Crippen molar-refractivity contribution < 1.29 is 9.53 Å². The van der Waals surface area contributed by atoms with Crippen LogP contribution in [0.1, 0.15) is 21.6 Å². The van der Waals surface area contributed by atoms with Crippen LogP contribution in [-0.2, 0) is 4.74 Å². The number of hydrogen-bond donors (Lipinski definition) is 0. The molecule has 3 aromatic rings. The van der Waals surface area contributed by atoms with Gasteiger partial charge in [-0.25, -0.2) is 9.78 Å². The summed E-state index contributed by atoms with van der Waals surface area (Å²) in [6, 6.07) is 15.3. The molecular formula is C19H12BrNO2. The minimum Gasteiger partial charge on any atom is -0.464 e. The molecule has 23 heavy (non-hydrogen) atoms. The van der Waals surface area contributed by atoms with Crippen LogP contribution in [0.4, 0.5) is 0 Å². The number of methoxy groups -OCH3 is 1. The summed E-state index contributed by atoms with van der Waals surface area (Å²) in [5, 5.41) is 1.61. The average molecular weight is 366 g/mol. The molecule has 1 aromatic heterocycles. The van der Waals surface area contributed by atoms with Gasteiger partial charge in [0.25, 0.3) is 0 Å². The Hall–Kier alpha value is -2.64. The summed E-state index contributed by atoms with van der Waals surface area (Å²) in [5.74, 6) is 5.81. The minimum absolute atomic E-state index is 0.301. The molecule has 0 N–H and O–H groups in total. The molecule has 0 unspecified atom stereocenters. The van der Waals surface area contributed by atoms with Gasteiger partial charge in [-0.1, -0.05) is 48.2 Å². The standard InChI is InChI=1S/C19H12BrNO2/c1-23-19(22)18-16-8-4-3-7-15(16)14(12-21-18)11-10-13-6-2-5-9-17(13)20/h2-9,12H,1H3. The first-order chi connectivity index (χ1) is 11.2. The molecule has 0 aliphatic carbocycles. The first-order valence-corrected chi connectivity index (χ1v) is 7.72. The molecule has 0 radical (unpaired) electrons. The van der Waals surface area contributed by atoms with Gasteiger partial charge < -0.3 is 4.74 Å². The number of esters is 1. The molecule has 112 valence electrons. The van der Waals surface area contributed by atoms with Crippen molar-refractivity contribution in [2.45, 2.75) is 0 Å². The van der Waals surface area contributed by atoms with E-state index in [9.17, 15) is 4.79 Å². The predicted octanol–water partition coefficient (Wildman–Crippen LogP) is 4.18. The van der Waals surface area contributed by atoms with Crippen LogP contribution in [0.2, 0.25) is 0 Å². The Morgan fingerprint density at radius 1 is 1.00 bits per heavy atom. The first kappa shape index (κ1) is 15.3. The van der Waals surface area contributed by atoms with Crippen LogP contribution in [0, 0.1) is 11.8 Å². The summed E-state index contributed by atoms with van der Waals surface area (Å²) in [4.78, 5) is 16.1. The van der Waals surface area contributed by atoms with Crippen molar-refractivity contribution in [1.82, 2.24) is 4.98 Å². The smallest absolute Gasteiger partial charge is 0.357 e. The fourth-order valence-corrected chi connectivity index (χ4v) is 2.63. The van der Waals surface area contributed by atoms with Gasteiger partial charge in [0, 0.05) is 27.0 Å². The fourth-order valence-electron chi connectivity index (χ4n) is 2.25. The maximum Gasteiger partial charge on any atom is 0.357 e. The molecule has 0 atom stereocenters. The zero-order valence-corrected chi connectivity index (χ0v) is 13.9. The second-order valence-electron chi connectivity index (χ2n) is 4.79. The van der Waals surface area contributed by atoms with Crippen molar-refractivity contribution in [3.63, 3.8) is 0 Å². The topological polar surface area (TPSA) is 39.2 Å². The summed E-state index contributed by atoms with van der Waals surface area (Å²) in [6.07, 6.45) is 1.61. The molecule has 0 aliphatic heterocycles. The zero-order chi connectivity index (χ0) is 16.2. The van der Waals surface area contributed by atoms with Gasteiger partial charge in [-0.15, -0.1) is 0 Å². The largest absolute Gasteiger partial charge is 0.464 e. The van der Waals surface area contributed by atoms with Crippen LogP contribution >= 0.6 is 15.9 Å². The van der Waals surface area contributed by atoms with Crippen molar-refractivity contribution in [2.75, 3.05) is 7.11 Å². The number of benzene rings is 2. The van der Waals surface area contributed by atoms with E-state index < -0.39 is 5.97 Å². The van der Waals surface area contributed by atoms with Gasteiger partial charge >= 0.3 is 5.97 Å². The fraction of sp³-hybridized carbons (Fsp3) is 0.0526. The number of halogens is 1. The van der Waals surface area contributed by atoms with Gasteiger partial charge in [-0.2, -0.15) is 0 Å². The molecule has 0 saturated carbocycles. The molecule has 3 rings (SSSR count). The molecule has 3 nitrogen and oxygen atoms in total. The molecule has 2 aromatic carbocycles. The Morgan fingerprint density at radius 2 is 1.65 bits per heavy atom. The van der Waals surface area contributed by atoms with Crippen LogP contribution in [-0.4, -0.2) is 18.1 Å². The van der Waals surface area contributed by atoms with Crippen LogP contribution in [0.3, 0.4) is 0 Å². The zero-order valence-electron chi connectivity index (χ0n) is 12.3. The second kappa shape index (κ2) is 6.64. The van der Waals surface area contributed by atoms with Crippen LogP contribution in [0.25, 0.3) is 10.8 Å². The Labute approximate surface area is 142 Å². The van der Waals surface area contributed by atoms with Gasteiger partial charge in [0.2, 0.25) is 0 Å². The SMILES string of the molecule is COC(=O)c1ncc(C#Cc2ccccc2Br)c2ccccc12. The number of pyridine rings is 1. The van der Waals surface area contributed by atoms with E-state index in [0.29, 0.717) is 5.69 Å². The van der Waals surface area contributed by atoms with Crippen molar-refractivity contribution in [1.29, 1.82) is 0 Å². The molecule has 0 bridgehead atoms. The van der Waals surface area contributed by atoms with Crippen molar-refractivity contribution in [3.05, 3.63) is 76.0 Å². The number of rotatable bonds is 1. The Morgan fingerprint density at radius 3 is 2.39 bits per heavy atom. The summed E-state index contributed by atoms with van der Waals surface area (Å²) in [6.45, 7) is 0. The van der Waals surface area contributed by atoms with E-state index in [1.54, 1.807) is 6.20 Å². The third-order valence-corrected chi connectivity index (χ3v) is 4.07. The van der Waals surface area contributed by atoms with Gasteiger partial charge in [0.1, 0.15) is 0 Å². The number of nitrogens with zero attached hydrogens (tertiary/aromatic N) is 1. The van der Waals surface area contributed by atoms with E-state index in [-0.39, 0.29) is 0 Å². The number of carbonyl (C=O) groups excluding carboxylic acids is 1. The summed E-state index contributed by atoms with van der Waals surface area (Å²) in [7, 11) is 1.35. The average Bonchev–Trinajstić information content (AvgIpc) is 2.60. The third kappa shape index (κ3) is 3.10. The highest BCUT2D eigenvalue weighted by Crippen LogP contribution is 2.21. The molecule has 0 spiro atoms. The lowest BCUT2D eigenvalue weighted by atomic mass is 10.0. The maximum absolute atomic E-state index is 11.8. The van der Waals surface area contributed by atoms with E-state index in [2.05, 4.69) is 32.8 Å². The van der Waals surface area contributed by atoms with Gasteiger partial charge in [0.15, 0.2) is 5.69 Å². The molecule has 0 amide bonds. The van der Waals surface area contributed by atoms with Gasteiger partial charge in [-0.05, 0) is 28.1 Å². The Balaban J connectivity index is 2.14. The number of carbonyl (C=O) groups is 1. The maximum atomic E-state index is 11.8. The molecule has 1 heterocycles. The molecule has 0 fully saturated rings. The summed E-state index contributed by atoms with van der Waals surface area (Å²) in [5.41, 5.74) is 1.96. The number of fused-ring (bicyclic) bond motifs is 1. The third-order valence-electron chi connectivity index (χ3n) is 3.38. The van der Waals surface area contributed by atoms with E-state index in [0.717, 1.165) is 26.4 Å². The van der Waals surface area contributed by atoms with Gasteiger partial charge in [-0.3, -0.25) is 0 Å². The summed E-state index contributed by atoms with van der Waals surface area (Å²) < 4.78 is 5.73. The molecule has 4 heteroatoms. The monoisotopic (exact) mass is 365 g/mol. The lowest BCUT2D eigenvalue weighted by Gasteiger charge is -2.05. The van der Waals surface area contributed by atoms with Crippen molar-refractivity contribution in [3.8, 4) is 11.8 Å². The van der Waals surface area contributed by atoms with E-state index in [1.165, 1.54) is 7.11 Å². The minimum atomic E-state index is -0.452. The predicted molar refractivity (Wildman–Crippen MR) is 93.2 cm³/mol. The van der Waals surface area contributed by atoms with Crippen LogP contribution in [0.15, 0.2) is 59.2 Å². The normalized spacial score (nSPS) is 10.0. The lowest BCUT2D eigenvalue weighted by Crippen LogP contribution is -2.05. The van der Waals surface area contributed by atoms with Crippen LogP contribution < -0.4 is 0 Å².